The minimum Gasteiger partial charge on any atom is -0.299 e. The van der Waals surface area contributed by atoms with E-state index in [1.165, 1.54) is 0 Å². The highest BCUT2D eigenvalue weighted by Gasteiger charge is 2.06. The van der Waals surface area contributed by atoms with E-state index in [9.17, 15) is 4.79 Å². The molecule has 0 rings (SSSR count). The van der Waals surface area contributed by atoms with Gasteiger partial charge in [0.1, 0.15) is 5.78 Å². The normalized spacial score (nSPS) is 10.0. The Kier molecular flexibility index (Phi) is 3.49. The molecule has 0 amide bonds. The van der Waals surface area contributed by atoms with Crippen molar-refractivity contribution in [1.82, 2.24) is 0 Å². The summed E-state index contributed by atoms with van der Waals surface area (Å²) in [5, 5.41) is 0. The van der Waals surface area contributed by atoms with Gasteiger partial charge < -0.3 is 0 Å². The molecule has 1 atom stereocenters. The van der Waals surface area contributed by atoms with Crippen LogP contribution in [0.4, 0.5) is 0 Å². The molecular weight excluding hydrogens is 100 g/mol. The molecule has 1 nitrogen and oxygen atoms in total. The van der Waals surface area contributed by atoms with Crippen molar-refractivity contribution >= 4 is 5.78 Å². The molecule has 0 saturated heterocycles. The Balaban J connectivity index is 3.52. The van der Waals surface area contributed by atoms with Crippen molar-refractivity contribution in [3.63, 3.8) is 0 Å². The van der Waals surface area contributed by atoms with Gasteiger partial charge in [-0.1, -0.05) is 13.8 Å². The maximum Gasteiger partial charge on any atom is 0.136 e. The van der Waals surface area contributed by atoms with Crippen molar-refractivity contribution in [3.8, 4) is 0 Å². The van der Waals surface area contributed by atoms with E-state index in [1.54, 1.807) is 0 Å². The van der Waals surface area contributed by atoms with Crippen LogP contribution in [0.3, 0.4) is 0 Å². The molecule has 1 unspecified atom stereocenters. The lowest BCUT2D eigenvalue weighted by Gasteiger charge is -2.04. The highest BCUT2D eigenvalue weighted by Crippen LogP contribution is 2.06. The SMILES string of the molecule is [CH2]CC(CC)C([CH2])=O. The standard InChI is InChI=1S/C7H12O/c1-4-7(5-2)6(3)8/h7H,1,3-5H2,2H3. The molecule has 0 aromatic heterocycles. The highest BCUT2D eigenvalue weighted by molar-refractivity contribution is 5.84. The van der Waals surface area contributed by atoms with Crippen LogP contribution in [0.5, 0.6) is 0 Å². The molecule has 0 saturated carbocycles. The van der Waals surface area contributed by atoms with Crippen molar-refractivity contribution in [2.45, 2.75) is 19.8 Å². The van der Waals surface area contributed by atoms with Crippen LogP contribution in [0.2, 0.25) is 0 Å². The molecule has 46 valence electrons. The van der Waals surface area contributed by atoms with Crippen LogP contribution >= 0.6 is 0 Å². The number of carbonyl (C=O) groups is 1. The summed E-state index contributed by atoms with van der Waals surface area (Å²) in [6, 6.07) is 0. The second kappa shape index (κ2) is 3.65. The molecule has 0 N–H and O–H groups in total. The Morgan fingerprint density at radius 2 is 2.25 bits per heavy atom. The Bertz CT molecular complexity index is 72.5. The van der Waals surface area contributed by atoms with Crippen LogP contribution in [0.15, 0.2) is 0 Å². The van der Waals surface area contributed by atoms with Crippen LogP contribution < -0.4 is 0 Å². The zero-order valence-electron chi connectivity index (χ0n) is 5.31. The molecule has 0 aliphatic heterocycles. The quantitative estimate of drug-likeness (QED) is 0.542. The van der Waals surface area contributed by atoms with E-state index in [0.29, 0.717) is 6.42 Å². The van der Waals surface area contributed by atoms with E-state index in [0.717, 1.165) is 6.42 Å². The van der Waals surface area contributed by atoms with Crippen molar-refractivity contribution in [2.75, 3.05) is 0 Å². The van der Waals surface area contributed by atoms with Crippen molar-refractivity contribution < 1.29 is 4.79 Å². The van der Waals surface area contributed by atoms with E-state index >= 15 is 0 Å². The summed E-state index contributed by atoms with van der Waals surface area (Å²) in [6.07, 6.45) is 1.55. The van der Waals surface area contributed by atoms with E-state index in [2.05, 4.69) is 13.8 Å². The lowest BCUT2D eigenvalue weighted by molar-refractivity contribution is -0.118. The maximum atomic E-state index is 10.5. The zero-order valence-corrected chi connectivity index (χ0v) is 5.31. The highest BCUT2D eigenvalue weighted by atomic mass is 16.1. The lowest BCUT2D eigenvalue weighted by Crippen LogP contribution is -2.07. The van der Waals surface area contributed by atoms with Gasteiger partial charge in [-0.05, 0) is 12.8 Å². The predicted molar refractivity (Wildman–Crippen MR) is 34.1 cm³/mol. The maximum absolute atomic E-state index is 10.5. The first-order chi connectivity index (χ1) is 3.72. The molecule has 0 aromatic rings. The van der Waals surface area contributed by atoms with Gasteiger partial charge in [0, 0.05) is 12.8 Å². The van der Waals surface area contributed by atoms with Gasteiger partial charge in [0.25, 0.3) is 0 Å². The number of carbonyl (C=O) groups excluding carboxylic acids is 1. The summed E-state index contributed by atoms with van der Waals surface area (Å²) in [5.41, 5.74) is 0. The molecule has 0 bridgehead atoms. The van der Waals surface area contributed by atoms with Gasteiger partial charge in [-0.2, -0.15) is 0 Å². The van der Waals surface area contributed by atoms with Gasteiger partial charge >= 0.3 is 0 Å². The third kappa shape index (κ3) is 2.10. The summed E-state index contributed by atoms with van der Waals surface area (Å²) in [6.45, 7) is 8.89. The van der Waals surface area contributed by atoms with Gasteiger partial charge in [-0.25, -0.2) is 0 Å². The van der Waals surface area contributed by atoms with E-state index < -0.39 is 0 Å². The zero-order chi connectivity index (χ0) is 6.57. The first kappa shape index (κ1) is 7.67. The predicted octanol–water partition coefficient (Wildman–Crippen LogP) is 1.64. The molecule has 8 heavy (non-hydrogen) atoms. The fraction of sp³-hybridized carbons (Fsp3) is 0.571. The first-order valence-electron chi connectivity index (χ1n) is 2.87. The summed E-state index contributed by atoms with van der Waals surface area (Å²) < 4.78 is 0. The van der Waals surface area contributed by atoms with E-state index in [1.807, 2.05) is 6.92 Å². The summed E-state index contributed by atoms with van der Waals surface area (Å²) in [4.78, 5) is 10.5. The average Bonchev–Trinajstić information content (AvgIpc) is 1.69. The third-order valence-electron chi connectivity index (χ3n) is 1.30. The third-order valence-corrected chi connectivity index (χ3v) is 1.30. The molecule has 2 radical (unpaired) electrons. The first-order valence-corrected chi connectivity index (χ1v) is 2.87. The smallest absolute Gasteiger partial charge is 0.136 e. The molecule has 0 aliphatic carbocycles. The topological polar surface area (TPSA) is 17.1 Å². The van der Waals surface area contributed by atoms with Crippen molar-refractivity contribution in [3.05, 3.63) is 13.8 Å². The number of ketones is 1. The van der Waals surface area contributed by atoms with Crippen LogP contribution in [-0.4, -0.2) is 5.78 Å². The monoisotopic (exact) mass is 112 g/mol. The van der Waals surface area contributed by atoms with Crippen LogP contribution in [0.25, 0.3) is 0 Å². The summed E-state index contributed by atoms with van der Waals surface area (Å²) in [7, 11) is 0. The van der Waals surface area contributed by atoms with Crippen LogP contribution in [0.1, 0.15) is 19.8 Å². The molecule has 0 aliphatic rings. The lowest BCUT2D eigenvalue weighted by atomic mass is 10.00. The van der Waals surface area contributed by atoms with Gasteiger partial charge in [0.05, 0.1) is 0 Å². The minimum absolute atomic E-state index is 0.0162. The molecule has 0 heterocycles. The number of hydrogen-bond acceptors (Lipinski definition) is 1. The van der Waals surface area contributed by atoms with Gasteiger partial charge in [0.15, 0.2) is 0 Å². The Labute approximate surface area is 51.1 Å². The fourth-order valence-corrected chi connectivity index (χ4v) is 0.593. The van der Waals surface area contributed by atoms with Crippen molar-refractivity contribution in [1.29, 1.82) is 0 Å². The van der Waals surface area contributed by atoms with Gasteiger partial charge in [-0.15, -0.1) is 0 Å². The largest absolute Gasteiger partial charge is 0.299 e. The molecule has 0 fully saturated rings. The van der Waals surface area contributed by atoms with E-state index in [-0.39, 0.29) is 11.7 Å². The second-order valence-electron chi connectivity index (χ2n) is 1.86. The Morgan fingerprint density at radius 3 is 2.25 bits per heavy atom. The number of rotatable bonds is 3. The summed E-state index contributed by atoms with van der Waals surface area (Å²) >= 11 is 0. The molecule has 1 heteroatoms. The van der Waals surface area contributed by atoms with Gasteiger partial charge in [0.2, 0.25) is 0 Å². The molecule has 0 aromatic carbocycles. The second-order valence-corrected chi connectivity index (χ2v) is 1.86. The van der Waals surface area contributed by atoms with Crippen molar-refractivity contribution in [2.24, 2.45) is 5.92 Å². The Hall–Kier alpha value is -0.330. The molecule has 0 spiro atoms. The van der Waals surface area contributed by atoms with E-state index in [4.69, 9.17) is 0 Å². The summed E-state index contributed by atoms with van der Waals surface area (Å²) in [5.74, 6) is 0.109. The minimum atomic E-state index is 0.0162. The van der Waals surface area contributed by atoms with Gasteiger partial charge in [-0.3, -0.25) is 4.79 Å². The average molecular weight is 112 g/mol. The van der Waals surface area contributed by atoms with Crippen LogP contribution in [0, 0.1) is 19.8 Å². The molecular formula is C7H12O. The Morgan fingerprint density at radius 1 is 1.75 bits per heavy atom. The van der Waals surface area contributed by atoms with Crippen LogP contribution in [-0.2, 0) is 4.79 Å². The number of Topliss-reactive ketones (excluding diaryl/α,β-unsaturated/α-hetero) is 1. The number of hydrogen-bond donors (Lipinski definition) is 0. The fourth-order valence-electron chi connectivity index (χ4n) is 0.593.